The summed E-state index contributed by atoms with van der Waals surface area (Å²) in [5.74, 6) is 0. The molecule has 0 aliphatic carbocycles. The predicted octanol–water partition coefficient (Wildman–Crippen LogP) is 3.40. The summed E-state index contributed by atoms with van der Waals surface area (Å²) < 4.78 is 54.5. The summed E-state index contributed by atoms with van der Waals surface area (Å²) in [5.41, 5.74) is 15.0. The van der Waals surface area contributed by atoms with Crippen LogP contribution >= 0.6 is 0 Å². The molecule has 0 saturated heterocycles. The summed E-state index contributed by atoms with van der Waals surface area (Å²) in [7, 11) is -7.83. The standard InChI is InChI=1S/C26H20N2.2CH4O3S/c27-21-11-7-17(8-12-21)23-5-1-3-19-15-26-20(16-25(19)23)4-2-6-24(26)18-9-13-22(28)14-10-18;2*1-5(2,3)4/h1-16H,27-28H2;2*1H3,(H,2,3,4). The Bertz CT molecular complexity index is 1630. The van der Waals surface area contributed by atoms with E-state index in [-0.39, 0.29) is 0 Å². The molecule has 0 atom stereocenters. The third-order valence-electron chi connectivity index (χ3n) is 5.41. The highest BCUT2D eigenvalue weighted by Crippen LogP contribution is 2.36. The number of rotatable bonds is 2. The van der Waals surface area contributed by atoms with Crippen LogP contribution < -0.4 is 11.5 Å². The lowest BCUT2D eigenvalue weighted by atomic mass is 9.92. The first-order valence-electron chi connectivity index (χ1n) is 11.3. The Hall–Kier alpha value is -3.64. The average Bonchev–Trinajstić information content (AvgIpc) is 2.81. The van der Waals surface area contributed by atoms with Gasteiger partial charge in [0.15, 0.2) is 0 Å². The molecule has 0 amide bonds. The van der Waals surface area contributed by atoms with Crippen molar-refractivity contribution in [1.29, 1.82) is 0 Å². The predicted molar refractivity (Wildman–Crippen MR) is 149 cm³/mol. The largest absolute Gasteiger partial charge is 0.748 e. The van der Waals surface area contributed by atoms with Gasteiger partial charge in [-0.3, -0.25) is 0 Å². The van der Waals surface area contributed by atoms with E-state index in [4.69, 9.17) is 25.9 Å². The minimum absolute atomic E-state index is 0.604. The topological polar surface area (TPSA) is 170 Å². The molecule has 0 heterocycles. The fraction of sp³-hybridized carbons (Fsp3) is 0.0714. The molecule has 0 radical (unpaired) electrons. The lowest BCUT2D eigenvalue weighted by molar-refractivity contribution is -0.255. The van der Waals surface area contributed by atoms with Gasteiger partial charge in [-0.1, -0.05) is 36.4 Å². The van der Waals surface area contributed by atoms with Crippen LogP contribution in [0.4, 0.5) is 11.4 Å². The Labute approximate surface area is 222 Å². The van der Waals surface area contributed by atoms with Crippen molar-refractivity contribution in [3.05, 3.63) is 97.1 Å². The quantitative estimate of drug-likeness (QED) is 0.251. The highest BCUT2D eigenvalue weighted by Gasteiger charge is 2.09. The highest BCUT2D eigenvalue weighted by atomic mass is 32.2. The summed E-state index contributed by atoms with van der Waals surface area (Å²) in [5, 5.41) is 5.06. The molecule has 0 aliphatic heterocycles. The van der Waals surface area contributed by atoms with E-state index in [0.717, 1.165) is 11.4 Å². The number of benzene rings is 5. The fourth-order valence-electron chi connectivity index (χ4n) is 3.92. The van der Waals surface area contributed by atoms with Crippen LogP contribution in [0.2, 0.25) is 0 Å². The zero-order valence-electron chi connectivity index (χ0n) is 20.9. The third kappa shape index (κ3) is 8.73. The van der Waals surface area contributed by atoms with Gasteiger partial charge >= 0.3 is 0 Å². The van der Waals surface area contributed by atoms with Crippen LogP contribution in [0, 0.1) is 0 Å². The first-order valence-corrected chi connectivity index (χ1v) is 14.9. The van der Waals surface area contributed by atoms with E-state index >= 15 is 0 Å². The van der Waals surface area contributed by atoms with Gasteiger partial charge in [-0.05, 0) is 104 Å². The smallest absolute Gasteiger partial charge is 0.127 e. The van der Waals surface area contributed by atoms with Crippen molar-refractivity contribution in [2.45, 2.75) is 0 Å². The van der Waals surface area contributed by atoms with E-state index in [0.29, 0.717) is 12.5 Å². The molecule has 198 valence electrons. The Morgan fingerprint density at radius 1 is 0.526 bits per heavy atom. The molecule has 0 aromatic heterocycles. The maximum Gasteiger partial charge on any atom is 0.127 e. The fourth-order valence-corrected chi connectivity index (χ4v) is 3.92. The van der Waals surface area contributed by atoms with E-state index in [2.05, 4.69) is 109 Å². The van der Waals surface area contributed by atoms with Crippen LogP contribution in [-0.2, 0) is 20.2 Å². The van der Waals surface area contributed by atoms with E-state index in [1.165, 1.54) is 43.8 Å². The molecule has 8 nitrogen and oxygen atoms in total. The highest BCUT2D eigenvalue weighted by molar-refractivity contribution is 7.85. The van der Waals surface area contributed by atoms with Crippen LogP contribution in [0.1, 0.15) is 0 Å². The van der Waals surface area contributed by atoms with Crippen LogP contribution in [0.15, 0.2) is 97.1 Å². The molecular formula is C28H28N2O6S2. The summed E-state index contributed by atoms with van der Waals surface area (Å²) in [6, 6.07) is 34.6. The lowest BCUT2D eigenvalue weighted by Crippen LogP contribution is -2.39. The monoisotopic (exact) mass is 552 g/mol. The molecule has 5 aromatic rings. The maximum atomic E-state index is 9.08. The van der Waals surface area contributed by atoms with Crippen molar-refractivity contribution in [2.75, 3.05) is 12.5 Å². The zero-order valence-corrected chi connectivity index (χ0v) is 22.6. The molecule has 6 N–H and O–H groups in total. The first-order chi connectivity index (χ1) is 17.7. The Morgan fingerprint density at radius 2 is 0.816 bits per heavy atom. The minimum Gasteiger partial charge on any atom is -0.748 e. The Morgan fingerprint density at radius 3 is 1.11 bits per heavy atom. The summed E-state index contributed by atoms with van der Waals surface area (Å²) >= 11 is 0. The second-order valence-corrected chi connectivity index (χ2v) is 11.5. The van der Waals surface area contributed by atoms with Crippen LogP contribution in [-0.4, -0.2) is 38.5 Å². The van der Waals surface area contributed by atoms with Crippen LogP contribution in [0.5, 0.6) is 0 Å². The van der Waals surface area contributed by atoms with Crippen LogP contribution in [0.25, 0.3) is 43.8 Å². The summed E-state index contributed by atoms with van der Waals surface area (Å²) in [6.45, 7) is 0. The Kier molecular flexibility index (Phi) is 9.00. The number of hydrogen-bond donors (Lipinski definition) is 2. The van der Waals surface area contributed by atoms with Crippen molar-refractivity contribution in [3.8, 4) is 22.3 Å². The lowest BCUT2D eigenvalue weighted by Gasteiger charge is -2.12. The van der Waals surface area contributed by atoms with Crippen LogP contribution in [0.3, 0.4) is 0 Å². The summed E-state index contributed by atoms with van der Waals surface area (Å²) in [4.78, 5) is 0. The molecule has 38 heavy (non-hydrogen) atoms. The van der Waals surface area contributed by atoms with Crippen molar-refractivity contribution in [3.63, 3.8) is 0 Å². The van der Waals surface area contributed by atoms with Gasteiger partial charge in [0.2, 0.25) is 0 Å². The molecule has 10 heteroatoms. The van der Waals surface area contributed by atoms with Gasteiger partial charge < -0.3 is 20.6 Å². The summed E-state index contributed by atoms with van der Waals surface area (Å²) in [6.07, 6.45) is 1.21. The molecule has 0 saturated carbocycles. The van der Waals surface area contributed by atoms with E-state index in [9.17, 15) is 0 Å². The van der Waals surface area contributed by atoms with Crippen molar-refractivity contribution in [1.82, 2.24) is 0 Å². The van der Waals surface area contributed by atoms with Gasteiger partial charge in [-0.25, -0.2) is 16.8 Å². The van der Waals surface area contributed by atoms with Crippen molar-refractivity contribution >= 4 is 53.2 Å². The van der Waals surface area contributed by atoms with E-state index in [1.807, 2.05) is 0 Å². The van der Waals surface area contributed by atoms with Gasteiger partial charge in [0, 0.05) is 12.5 Å². The minimum atomic E-state index is -3.92. The first kappa shape index (κ1) is 28.9. The molecular weight excluding hydrogens is 524 g/mol. The third-order valence-corrected chi connectivity index (χ3v) is 5.41. The number of hydrogen-bond acceptors (Lipinski definition) is 6. The molecule has 0 spiro atoms. The van der Waals surface area contributed by atoms with Gasteiger partial charge in [0.05, 0.1) is 20.2 Å². The molecule has 0 aliphatic rings. The van der Waals surface area contributed by atoms with Crippen molar-refractivity contribution < 1.29 is 37.4 Å². The second-order valence-electron chi connectivity index (χ2n) is 8.71. The average molecular weight is 553 g/mol. The number of fused-ring (bicyclic) bond motifs is 2. The van der Waals surface area contributed by atoms with E-state index < -0.39 is 20.2 Å². The Balaban J connectivity index is 0.000000344. The number of quaternary nitrogens is 2. The van der Waals surface area contributed by atoms with Gasteiger partial charge in [0.25, 0.3) is 0 Å². The molecule has 5 aromatic carbocycles. The van der Waals surface area contributed by atoms with E-state index in [1.54, 1.807) is 0 Å². The molecule has 0 unspecified atom stereocenters. The molecule has 0 bridgehead atoms. The van der Waals surface area contributed by atoms with Crippen molar-refractivity contribution in [2.24, 2.45) is 0 Å². The van der Waals surface area contributed by atoms with Gasteiger partial charge in [-0.2, -0.15) is 0 Å². The van der Waals surface area contributed by atoms with Gasteiger partial charge in [-0.15, -0.1) is 0 Å². The SMILES string of the molecule is CS(=O)(=O)[O-].CS(=O)(=O)[O-].[NH3+]c1ccc(-c2cccc3cc4c(-c5ccc([NH3+])cc5)cccc4cc23)cc1. The van der Waals surface area contributed by atoms with Gasteiger partial charge in [0.1, 0.15) is 11.4 Å². The zero-order chi connectivity index (χ0) is 28.1. The maximum absolute atomic E-state index is 9.08. The normalized spacial score (nSPS) is 11.3. The second kappa shape index (κ2) is 11.8. The molecule has 0 fully saturated rings. The molecule has 5 rings (SSSR count).